The zero-order valence-corrected chi connectivity index (χ0v) is 13.2. The predicted octanol–water partition coefficient (Wildman–Crippen LogP) is 4.21. The number of rotatable bonds is 3. The summed E-state index contributed by atoms with van der Waals surface area (Å²) in [4.78, 5) is 0.0511. The second-order valence-corrected chi connectivity index (χ2v) is 7.89. The van der Waals surface area contributed by atoms with Crippen LogP contribution in [-0.2, 0) is 10.0 Å². The van der Waals surface area contributed by atoms with Gasteiger partial charge in [0.25, 0.3) is 13.9 Å². The highest BCUT2D eigenvalue weighted by Gasteiger charge is 2.40. The summed E-state index contributed by atoms with van der Waals surface area (Å²) in [5.41, 5.74) is 0.274. The Hall–Kier alpha value is -0.940. The van der Waals surface area contributed by atoms with E-state index in [1.807, 2.05) is 0 Å². The Bertz CT molecular complexity index is 670. The van der Waals surface area contributed by atoms with Crippen molar-refractivity contribution in [1.29, 1.82) is 0 Å². The highest BCUT2D eigenvalue weighted by Crippen LogP contribution is 2.39. The van der Waals surface area contributed by atoms with Crippen LogP contribution in [0, 0.1) is 0 Å². The van der Waals surface area contributed by atoms with Gasteiger partial charge in [0, 0.05) is 0 Å². The lowest BCUT2D eigenvalue weighted by molar-refractivity contribution is 0.591. The SMILES string of the molecule is O=S(=O)(c1ccccc1)N(c1ccccc1)C(Cl)(Cl)Cl. The summed E-state index contributed by atoms with van der Waals surface area (Å²) in [5, 5.41) is 0. The molecule has 0 fully saturated rings. The number of para-hydroxylation sites is 1. The fourth-order valence-corrected chi connectivity index (χ4v) is 4.18. The van der Waals surface area contributed by atoms with Crippen molar-refractivity contribution in [2.75, 3.05) is 4.31 Å². The molecule has 3 nitrogen and oxygen atoms in total. The average Bonchev–Trinajstić information content (AvgIpc) is 2.39. The molecule has 0 aliphatic carbocycles. The first kappa shape index (κ1) is 15.4. The third kappa shape index (κ3) is 3.20. The van der Waals surface area contributed by atoms with Crippen LogP contribution < -0.4 is 4.31 Å². The Morgan fingerprint density at radius 1 is 0.800 bits per heavy atom. The molecule has 2 aromatic rings. The molecule has 0 unspecified atom stereocenters. The van der Waals surface area contributed by atoms with Gasteiger partial charge in [-0.05, 0) is 24.3 Å². The van der Waals surface area contributed by atoms with E-state index in [2.05, 4.69) is 0 Å². The zero-order valence-electron chi connectivity index (χ0n) is 10.1. The molecule has 0 N–H and O–H groups in total. The topological polar surface area (TPSA) is 37.4 Å². The second kappa shape index (κ2) is 5.82. The lowest BCUT2D eigenvalue weighted by Crippen LogP contribution is -2.40. The van der Waals surface area contributed by atoms with Crippen LogP contribution in [0.3, 0.4) is 0 Å². The Morgan fingerprint density at radius 3 is 1.70 bits per heavy atom. The smallest absolute Gasteiger partial charge is 0.219 e. The molecule has 0 heterocycles. The van der Waals surface area contributed by atoms with Crippen LogP contribution in [0.25, 0.3) is 0 Å². The van der Waals surface area contributed by atoms with Gasteiger partial charge in [-0.1, -0.05) is 71.2 Å². The predicted molar refractivity (Wildman–Crippen MR) is 82.8 cm³/mol. The third-order valence-electron chi connectivity index (χ3n) is 2.50. The van der Waals surface area contributed by atoms with E-state index in [4.69, 9.17) is 34.8 Å². The lowest BCUT2D eigenvalue weighted by Gasteiger charge is -2.30. The van der Waals surface area contributed by atoms with Crippen molar-refractivity contribution in [3.63, 3.8) is 0 Å². The summed E-state index contributed by atoms with van der Waals surface area (Å²) < 4.78 is 23.9. The van der Waals surface area contributed by atoms with Crippen molar-refractivity contribution in [2.24, 2.45) is 0 Å². The van der Waals surface area contributed by atoms with Gasteiger partial charge in [-0.3, -0.25) is 0 Å². The molecule has 0 atom stereocenters. The molecule has 0 aromatic heterocycles. The summed E-state index contributed by atoms with van der Waals surface area (Å²) in [6, 6.07) is 16.0. The van der Waals surface area contributed by atoms with Crippen LogP contribution in [-0.4, -0.2) is 12.3 Å². The van der Waals surface area contributed by atoms with E-state index in [1.54, 1.807) is 48.5 Å². The quantitative estimate of drug-likeness (QED) is 0.614. The van der Waals surface area contributed by atoms with Crippen LogP contribution in [0.2, 0.25) is 0 Å². The molecule has 2 rings (SSSR count). The number of hydrogen-bond donors (Lipinski definition) is 0. The van der Waals surface area contributed by atoms with Crippen molar-refractivity contribution in [3.05, 3.63) is 60.7 Å². The summed E-state index contributed by atoms with van der Waals surface area (Å²) in [6.45, 7) is 0. The summed E-state index contributed by atoms with van der Waals surface area (Å²) >= 11 is 17.5. The number of sulfonamides is 1. The molecular weight excluding hydrogens is 341 g/mol. The molecule has 0 radical (unpaired) electrons. The van der Waals surface area contributed by atoms with Gasteiger partial charge in [-0.25, -0.2) is 12.7 Å². The molecule has 0 spiro atoms. The van der Waals surface area contributed by atoms with Gasteiger partial charge in [0.15, 0.2) is 0 Å². The lowest BCUT2D eigenvalue weighted by atomic mass is 10.3. The van der Waals surface area contributed by atoms with Gasteiger partial charge in [0.1, 0.15) is 0 Å². The molecule has 0 amide bonds. The van der Waals surface area contributed by atoms with Gasteiger partial charge in [0.2, 0.25) is 0 Å². The second-order valence-electron chi connectivity index (χ2n) is 3.89. The standard InChI is InChI=1S/C13H10Cl3NO2S/c14-13(15,16)17(11-7-3-1-4-8-11)20(18,19)12-9-5-2-6-10-12/h1-10H. The van der Waals surface area contributed by atoms with Crippen LogP contribution in [0.15, 0.2) is 65.6 Å². The minimum atomic E-state index is -3.97. The maximum Gasteiger partial charge on any atom is 0.281 e. The van der Waals surface area contributed by atoms with E-state index in [9.17, 15) is 8.42 Å². The van der Waals surface area contributed by atoms with E-state index in [0.29, 0.717) is 0 Å². The number of nitrogens with zero attached hydrogens (tertiary/aromatic N) is 1. The van der Waals surface area contributed by atoms with E-state index in [0.717, 1.165) is 4.31 Å². The Balaban J connectivity index is 2.60. The molecule has 2 aromatic carbocycles. The van der Waals surface area contributed by atoms with Crippen molar-refractivity contribution in [2.45, 2.75) is 8.81 Å². The number of anilines is 1. The first-order valence-electron chi connectivity index (χ1n) is 5.56. The number of hydrogen-bond acceptors (Lipinski definition) is 2. The normalized spacial score (nSPS) is 12.2. The van der Waals surface area contributed by atoms with Gasteiger partial charge < -0.3 is 0 Å². The average molecular weight is 351 g/mol. The van der Waals surface area contributed by atoms with Crippen molar-refractivity contribution in [1.82, 2.24) is 0 Å². The zero-order chi connectivity index (χ0) is 14.8. The van der Waals surface area contributed by atoms with Crippen LogP contribution in [0.4, 0.5) is 5.69 Å². The summed E-state index contributed by atoms with van der Waals surface area (Å²) in [5.74, 6) is 0. The highest BCUT2D eigenvalue weighted by molar-refractivity contribution is 7.93. The Kier molecular flexibility index (Phi) is 4.49. The largest absolute Gasteiger partial charge is 0.281 e. The highest BCUT2D eigenvalue weighted by atomic mass is 35.6. The Labute approximate surface area is 132 Å². The molecule has 0 saturated heterocycles. The first-order chi connectivity index (χ1) is 9.33. The van der Waals surface area contributed by atoms with Gasteiger partial charge in [-0.15, -0.1) is 0 Å². The van der Waals surface area contributed by atoms with Gasteiger partial charge in [0.05, 0.1) is 10.6 Å². The number of benzene rings is 2. The fraction of sp³-hybridized carbons (Fsp3) is 0.0769. The number of halogens is 3. The molecular formula is C13H10Cl3NO2S. The Morgan fingerprint density at radius 2 is 1.25 bits per heavy atom. The number of alkyl halides is 3. The van der Waals surface area contributed by atoms with Gasteiger partial charge in [-0.2, -0.15) is 0 Å². The maximum atomic E-state index is 12.7. The first-order valence-corrected chi connectivity index (χ1v) is 8.13. The van der Waals surface area contributed by atoms with E-state index >= 15 is 0 Å². The third-order valence-corrected chi connectivity index (χ3v) is 5.14. The monoisotopic (exact) mass is 349 g/mol. The van der Waals surface area contributed by atoms with E-state index in [-0.39, 0.29) is 10.6 Å². The summed E-state index contributed by atoms with van der Waals surface area (Å²) in [7, 11) is -3.97. The van der Waals surface area contributed by atoms with Gasteiger partial charge >= 0.3 is 0 Å². The molecule has 7 heteroatoms. The van der Waals surface area contributed by atoms with Crippen molar-refractivity contribution in [3.8, 4) is 0 Å². The molecule has 20 heavy (non-hydrogen) atoms. The fourth-order valence-electron chi connectivity index (χ4n) is 1.68. The molecule has 106 valence electrons. The van der Waals surface area contributed by atoms with Crippen LogP contribution in [0.1, 0.15) is 0 Å². The van der Waals surface area contributed by atoms with Crippen molar-refractivity contribution >= 4 is 50.5 Å². The van der Waals surface area contributed by atoms with Crippen molar-refractivity contribution < 1.29 is 8.42 Å². The van der Waals surface area contributed by atoms with Crippen LogP contribution >= 0.6 is 34.8 Å². The van der Waals surface area contributed by atoms with E-state index in [1.165, 1.54) is 12.1 Å². The van der Waals surface area contributed by atoms with E-state index < -0.39 is 13.9 Å². The minimum Gasteiger partial charge on any atom is -0.219 e. The molecule has 0 aliphatic heterocycles. The molecule has 0 saturated carbocycles. The van der Waals surface area contributed by atoms with Crippen LogP contribution in [0.5, 0.6) is 0 Å². The minimum absolute atomic E-state index is 0.0511. The molecule has 0 bridgehead atoms. The summed E-state index contributed by atoms with van der Waals surface area (Å²) in [6.07, 6.45) is 0. The maximum absolute atomic E-state index is 12.7. The molecule has 0 aliphatic rings.